The number of carbonyl (C=O) groups excluding carboxylic acids is 1. The first kappa shape index (κ1) is 15.4. The van der Waals surface area contributed by atoms with Crippen molar-refractivity contribution >= 4 is 17.8 Å². The fourth-order valence-corrected chi connectivity index (χ4v) is 1.87. The van der Waals surface area contributed by atoms with Gasteiger partial charge in [-0.25, -0.2) is 5.43 Å². The van der Waals surface area contributed by atoms with Gasteiger partial charge in [0.05, 0.1) is 4.92 Å². The van der Waals surface area contributed by atoms with Crippen LogP contribution < -0.4 is 5.43 Å². The first-order valence-electron chi connectivity index (χ1n) is 6.77. The van der Waals surface area contributed by atoms with Crippen molar-refractivity contribution in [3.05, 3.63) is 75.8 Å². The van der Waals surface area contributed by atoms with E-state index in [2.05, 4.69) is 10.5 Å². The maximum Gasteiger partial charge on any atom is 0.271 e. The second-order valence-corrected chi connectivity index (χ2v) is 4.58. The monoisotopic (exact) mass is 297 g/mol. The van der Waals surface area contributed by atoms with E-state index in [9.17, 15) is 14.9 Å². The van der Waals surface area contributed by atoms with Crippen LogP contribution in [0, 0.1) is 10.1 Å². The number of nitro groups is 1. The summed E-state index contributed by atoms with van der Waals surface area (Å²) in [5, 5.41) is 14.5. The minimum absolute atomic E-state index is 0.124. The lowest BCUT2D eigenvalue weighted by molar-refractivity contribution is -0.384. The van der Waals surface area contributed by atoms with E-state index >= 15 is 0 Å². The van der Waals surface area contributed by atoms with Gasteiger partial charge in [-0.15, -0.1) is 0 Å². The quantitative estimate of drug-likeness (QED) is 0.505. The van der Waals surface area contributed by atoms with Crippen LogP contribution in [0.4, 0.5) is 5.69 Å². The van der Waals surface area contributed by atoms with Crippen LogP contribution in [-0.2, 0) is 6.42 Å². The Labute approximate surface area is 127 Å². The number of hydrogen-bond donors (Lipinski definition) is 1. The van der Waals surface area contributed by atoms with Gasteiger partial charge in [0.15, 0.2) is 0 Å². The SMILES string of the molecule is O=C(N/N=C\CCc1ccccc1)c1cccc([N+](=O)[O-])c1. The number of nitrogens with one attached hydrogen (secondary N) is 1. The Balaban J connectivity index is 1.83. The van der Waals surface area contributed by atoms with Crippen molar-refractivity contribution in [3.8, 4) is 0 Å². The topological polar surface area (TPSA) is 84.6 Å². The molecule has 112 valence electrons. The molecule has 22 heavy (non-hydrogen) atoms. The zero-order chi connectivity index (χ0) is 15.8. The van der Waals surface area contributed by atoms with E-state index in [4.69, 9.17) is 0 Å². The van der Waals surface area contributed by atoms with Crippen LogP contribution in [0.5, 0.6) is 0 Å². The number of non-ortho nitro benzene ring substituents is 1. The molecule has 0 unspecified atom stereocenters. The van der Waals surface area contributed by atoms with Gasteiger partial charge in [-0.2, -0.15) is 5.10 Å². The molecule has 0 saturated carbocycles. The normalized spacial score (nSPS) is 10.5. The summed E-state index contributed by atoms with van der Waals surface area (Å²) in [4.78, 5) is 21.9. The third-order valence-corrected chi connectivity index (χ3v) is 2.98. The summed E-state index contributed by atoms with van der Waals surface area (Å²) in [5.74, 6) is -0.473. The minimum atomic E-state index is -0.542. The molecule has 2 aromatic carbocycles. The smallest absolute Gasteiger partial charge is 0.267 e. The maximum absolute atomic E-state index is 11.8. The first-order chi connectivity index (χ1) is 10.7. The molecule has 0 aliphatic heterocycles. The lowest BCUT2D eigenvalue weighted by atomic mass is 10.1. The molecule has 1 amide bonds. The number of rotatable bonds is 6. The molecule has 0 aromatic heterocycles. The van der Waals surface area contributed by atoms with Gasteiger partial charge < -0.3 is 0 Å². The fraction of sp³-hybridized carbons (Fsp3) is 0.125. The predicted molar refractivity (Wildman–Crippen MR) is 83.8 cm³/mol. The fourth-order valence-electron chi connectivity index (χ4n) is 1.87. The number of carbonyl (C=O) groups is 1. The zero-order valence-corrected chi connectivity index (χ0v) is 11.8. The lowest BCUT2D eigenvalue weighted by Gasteiger charge is -2.00. The molecule has 0 heterocycles. The van der Waals surface area contributed by atoms with Gasteiger partial charge in [-0.3, -0.25) is 14.9 Å². The zero-order valence-electron chi connectivity index (χ0n) is 11.8. The minimum Gasteiger partial charge on any atom is -0.267 e. The van der Waals surface area contributed by atoms with Crippen molar-refractivity contribution in [2.75, 3.05) is 0 Å². The molecular weight excluding hydrogens is 282 g/mol. The third-order valence-electron chi connectivity index (χ3n) is 2.98. The van der Waals surface area contributed by atoms with E-state index in [1.54, 1.807) is 6.21 Å². The van der Waals surface area contributed by atoms with E-state index in [1.807, 2.05) is 30.3 Å². The third kappa shape index (κ3) is 4.52. The molecule has 0 aliphatic rings. The molecule has 6 heteroatoms. The second kappa shape index (κ2) is 7.68. The highest BCUT2D eigenvalue weighted by atomic mass is 16.6. The predicted octanol–water partition coefficient (Wildman–Crippen LogP) is 2.94. The molecule has 2 rings (SSSR count). The van der Waals surface area contributed by atoms with Gasteiger partial charge in [0.2, 0.25) is 0 Å². The van der Waals surface area contributed by atoms with E-state index in [1.165, 1.54) is 29.8 Å². The summed E-state index contributed by atoms with van der Waals surface area (Å²) < 4.78 is 0. The van der Waals surface area contributed by atoms with Gasteiger partial charge >= 0.3 is 0 Å². The van der Waals surface area contributed by atoms with Crippen molar-refractivity contribution in [2.24, 2.45) is 5.10 Å². The highest BCUT2D eigenvalue weighted by molar-refractivity contribution is 5.94. The van der Waals surface area contributed by atoms with Crippen LogP contribution in [-0.4, -0.2) is 17.0 Å². The molecule has 1 N–H and O–H groups in total. The second-order valence-electron chi connectivity index (χ2n) is 4.58. The number of nitro benzene ring substituents is 1. The molecule has 2 aromatic rings. The Hall–Kier alpha value is -3.02. The van der Waals surface area contributed by atoms with Crippen molar-refractivity contribution in [1.29, 1.82) is 0 Å². The molecule has 0 aliphatic carbocycles. The summed E-state index contributed by atoms with van der Waals surface area (Å²) in [5.41, 5.74) is 3.63. The number of aryl methyl sites for hydroxylation is 1. The van der Waals surface area contributed by atoms with Crippen molar-refractivity contribution in [3.63, 3.8) is 0 Å². The number of hydrogen-bond acceptors (Lipinski definition) is 4. The number of amides is 1. The molecule has 0 fully saturated rings. The standard InChI is InChI=1S/C16H15N3O3/c20-16(14-9-4-10-15(12-14)19(21)22)18-17-11-5-8-13-6-2-1-3-7-13/h1-4,6-7,9-12H,5,8H2,(H,18,20)/b17-11-. The Morgan fingerprint density at radius 2 is 1.95 bits per heavy atom. The Kier molecular flexibility index (Phi) is 5.37. The van der Waals surface area contributed by atoms with Gasteiger partial charge in [-0.05, 0) is 24.5 Å². The van der Waals surface area contributed by atoms with Crippen LogP contribution in [0.3, 0.4) is 0 Å². The summed E-state index contributed by atoms with van der Waals surface area (Å²) in [6.07, 6.45) is 3.14. The van der Waals surface area contributed by atoms with Gasteiger partial charge in [-0.1, -0.05) is 36.4 Å². The average molecular weight is 297 g/mol. The van der Waals surface area contributed by atoms with Gasteiger partial charge in [0.25, 0.3) is 11.6 Å². The van der Waals surface area contributed by atoms with Gasteiger partial charge in [0.1, 0.15) is 0 Å². The lowest BCUT2D eigenvalue weighted by Crippen LogP contribution is -2.17. The van der Waals surface area contributed by atoms with E-state index < -0.39 is 10.8 Å². The molecular formula is C16H15N3O3. The number of nitrogens with zero attached hydrogens (tertiary/aromatic N) is 2. The Morgan fingerprint density at radius 3 is 2.68 bits per heavy atom. The molecule has 0 spiro atoms. The van der Waals surface area contributed by atoms with Crippen LogP contribution in [0.1, 0.15) is 22.3 Å². The average Bonchev–Trinajstić information content (AvgIpc) is 2.55. The van der Waals surface area contributed by atoms with Crippen LogP contribution in [0.15, 0.2) is 59.7 Å². The van der Waals surface area contributed by atoms with Gasteiger partial charge in [0, 0.05) is 23.9 Å². The van der Waals surface area contributed by atoms with E-state index in [0.717, 1.165) is 6.42 Å². The summed E-state index contributed by atoms with van der Waals surface area (Å²) in [7, 11) is 0. The highest BCUT2D eigenvalue weighted by Crippen LogP contribution is 2.12. The van der Waals surface area contributed by atoms with Crippen LogP contribution in [0.25, 0.3) is 0 Å². The molecule has 0 atom stereocenters. The van der Waals surface area contributed by atoms with Crippen molar-refractivity contribution < 1.29 is 9.72 Å². The molecule has 0 bridgehead atoms. The van der Waals surface area contributed by atoms with Crippen molar-refractivity contribution in [1.82, 2.24) is 5.43 Å². The van der Waals surface area contributed by atoms with Crippen LogP contribution >= 0.6 is 0 Å². The molecule has 6 nitrogen and oxygen atoms in total. The molecule has 0 saturated heterocycles. The molecule has 0 radical (unpaired) electrons. The summed E-state index contributed by atoms with van der Waals surface area (Å²) in [6, 6.07) is 15.5. The number of hydrazone groups is 1. The first-order valence-corrected chi connectivity index (χ1v) is 6.77. The van der Waals surface area contributed by atoms with E-state index in [-0.39, 0.29) is 11.3 Å². The van der Waals surface area contributed by atoms with E-state index in [0.29, 0.717) is 6.42 Å². The largest absolute Gasteiger partial charge is 0.271 e. The summed E-state index contributed by atoms with van der Waals surface area (Å²) >= 11 is 0. The Morgan fingerprint density at radius 1 is 1.18 bits per heavy atom. The Bertz CT molecular complexity index is 684. The maximum atomic E-state index is 11.8. The highest BCUT2D eigenvalue weighted by Gasteiger charge is 2.10. The summed E-state index contributed by atoms with van der Waals surface area (Å²) in [6.45, 7) is 0. The van der Waals surface area contributed by atoms with Crippen molar-refractivity contribution in [2.45, 2.75) is 12.8 Å². The van der Waals surface area contributed by atoms with Crippen LogP contribution in [0.2, 0.25) is 0 Å². The number of benzene rings is 2.